The molecule has 0 aliphatic carbocycles. The quantitative estimate of drug-likeness (QED) is 0.583. The molecule has 1 aliphatic heterocycles. The number of anilines is 2. The summed E-state index contributed by atoms with van der Waals surface area (Å²) in [6, 6.07) is 13.7. The lowest BCUT2D eigenvalue weighted by Crippen LogP contribution is -2.28. The number of hydrogen-bond donors (Lipinski definition) is 1. The predicted octanol–water partition coefficient (Wildman–Crippen LogP) is 5.59. The molecule has 1 N–H and O–H groups in total. The Bertz CT molecular complexity index is 1000. The summed E-state index contributed by atoms with van der Waals surface area (Å²) in [6.45, 7) is 1.60. The van der Waals surface area contributed by atoms with E-state index in [0.717, 1.165) is 53.1 Å². The Morgan fingerprint density at radius 1 is 1.19 bits per heavy atom. The summed E-state index contributed by atoms with van der Waals surface area (Å²) in [4.78, 5) is 20.7. The number of carbonyl (C=O) groups is 1. The number of amides is 1. The zero-order valence-corrected chi connectivity index (χ0v) is 16.6. The number of pyridine rings is 1. The van der Waals surface area contributed by atoms with E-state index in [-0.39, 0.29) is 5.91 Å². The van der Waals surface area contributed by atoms with Crippen molar-refractivity contribution in [2.45, 2.75) is 17.7 Å². The lowest BCUT2D eigenvalue weighted by molar-refractivity contribution is 0.0793. The molecule has 0 unspecified atom stereocenters. The van der Waals surface area contributed by atoms with Crippen molar-refractivity contribution in [1.29, 1.82) is 0 Å². The van der Waals surface area contributed by atoms with Crippen molar-refractivity contribution in [2.24, 2.45) is 0 Å². The molecule has 1 amide bonds. The Hall–Kier alpha value is -2.24. The van der Waals surface area contributed by atoms with Crippen LogP contribution in [0.15, 0.2) is 53.6 Å². The number of likely N-dealkylation sites (tertiary alicyclic amines) is 1. The van der Waals surface area contributed by atoms with Crippen LogP contribution in [-0.2, 0) is 0 Å². The molecular weight excluding hydrogens is 378 g/mol. The van der Waals surface area contributed by atoms with E-state index < -0.39 is 0 Å². The zero-order valence-electron chi connectivity index (χ0n) is 15.0. The van der Waals surface area contributed by atoms with E-state index in [1.54, 1.807) is 18.0 Å². The molecule has 4 rings (SSSR count). The number of hydrogen-bond acceptors (Lipinski definition) is 4. The van der Waals surface area contributed by atoms with Gasteiger partial charge < -0.3 is 10.2 Å². The van der Waals surface area contributed by atoms with Gasteiger partial charge in [-0.05, 0) is 55.5 Å². The number of aromatic nitrogens is 1. The van der Waals surface area contributed by atoms with Gasteiger partial charge in [-0.1, -0.05) is 17.7 Å². The van der Waals surface area contributed by atoms with Gasteiger partial charge in [0, 0.05) is 40.3 Å². The monoisotopic (exact) mass is 397 g/mol. The molecule has 1 aliphatic rings. The summed E-state index contributed by atoms with van der Waals surface area (Å²) >= 11 is 7.93. The van der Waals surface area contributed by atoms with Gasteiger partial charge in [0.1, 0.15) is 0 Å². The zero-order chi connectivity index (χ0) is 18.8. The van der Waals surface area contributed by atoms with Crippen molar-refractivity contribution >= 4 is 51.5 Å². The van der Waals surface area contributed by atoms with Crippen LogP contribution in [0.1, 0.15) is 23.2 Å². The maximum Gasteiger partial charge on any atom is 0.257 e. The van der Waals surface area contributed by atoms with Crippen LogP contribution < -0.4 is 5.32 Å². The molecule has 0 bridgehead atoms. The van der Waals surface area contributed by atoms with Crippen molar-refractivity contribution < 1.29 is 4.79 Å². The van der Waals surface area contributed by atoms with Crippen LogP contribution in [0, 0.1) is 0 Å². The summed E-state index contributed by atoms with van der Waals surface area (Å²) in [5.74, 6) is 0.0189. The van der Waals surface area contributed by atoms with E-state index in [1.807, 2.05) is 41.5 Å². The van der Waals surface area contributed by atoms with Gasteiger partial charge >= 0.3 is 0 Å². The third kappa shape index (κ3) is 3.75. The molecule has 27 heavy (non-hydrogen) atoms. The largest absolute Gasteiger partial charge is 0.354 e. The second-order valence-corrected chi connectivity index (χ2v) is 7.88. The van der Waals surface area contributed by atoms with E-state index >= 15 is 0 Å². The molecule has 3 aromatic rings. The minimum Gasteiger partial charge on any atom is -0.354 e. The number of thioether (sulfide) groups is 1. The highest BCUT2D eigenvalue weighted by atomic mass is 35.5. The Morgan fingerprint density at radius 2 is 2.00 bits per heavy atom. The van der Waals surface area contributed by atoms with Crippen molar-refractivity contribution in [2.75, 3.05) is 24.7 Å². The Labute approximate surface area is 167 Å². The maximum absolute atomic E-state index is 13.1. The fraction of sp³-hybridized carbons (Fsp3) is 0.238. The molecule has 138 valence electrons. The number of benzene rings is 2. The molecule has 2 heterocycles. The van der Waals surface area contributed by atoms with Gasteiger partial charge in [-0.25, -0.2) is 0 Å². The summed E-state index contributed by atoms with van der Waals surface area (Å²) in [5, 5.41) is 4.93. The molecule has 1 fully saturated rings. The first kappa shape index (κ1) is 18.1. The number of halogens is 1. The first-order valence-corrected chi connectivity index (χ1v) is 10.5. The Morgan fingerprint density at radius 3 is 2.78 bits per heavy atom. The van der Waals surface area contributed by atoms with E-state index in [4.69, 9.17) is 11.6 Å². The van der Waals surface area contributed by atoms with Crippen molar-refractivity contribution in [3.63, 3.8) is 0 Å². The highest BCUT2D eigenvalue weighted by Crippen LogP contribution is 2.33. The number of rotatable bonds is 4. The standard InChI is InChI=1S/C21H20ClN3OS/c1-27-16-6-4-5-15(12-16)24-20-17-11-14(22)7-8-19(17)23-13-18(20)21(26)25-9-2-3-10-25/h4-8,11-13H,2-3,9-10H2,1H3,(H,23,24). The highest BCUT2D eigenvalue weighted by molar-refractivity contribution is 7.98. The second-order valence-electron chi connectivity index (χ2n) is 6.56. The van der Waals surface area contributed by atoms with Crippen LogP contribution in [-0.4, -0.2) is 35.1 Å². The van der Waals surface area contributed by atoms with Gasteiger partial charge in [-0.15, -0.1) is 11.8 Å². The highest BCUT2D eigenvalue weighted by Gasteiger charge is 2.24. The van der Waals surface area contributed by atoms with E-state index in [0.29, 0.717) is 10.6 Å². The van der Waals surface area contributed by atoms with E-state index in [2.05, 4.69) is 22.4 Å². The van der Waals surface area contributed by atoms with Crippen LogP contribution in [0.5, 0.6) is 0 Å². The average molecular weight is 398 g/mol. The fourth-order valence-electron chi connectivity index (χ4n) is 3.40. The van der Waals surface area contributed by atoms with Gasteiger partial charge in [0.25, 0.3) is 5.91 Å². The van der Waals surface area contributed by atoms with Crippen LogP contribution in [0.2, 0.25) is 5.02 Å². The third-order valence-corrected chi connectivity index (χ3v) is 5.75. The molecular formula is C21H20ClN3OS. The second kappa shape index (κ2) is 7.79. The maximum atomic E-state index is 13.1. The summed E-state index contributed by atoms with van der Waals surface area (Å²) in [6.07, 6.45) is 5.83. The van der Waals surface area contributed by atoms with Crippen molar-refractivity contribution in [1.82, 2.24) is 9.88 Å². The lowest BCUT2D eigenvalue weighted by atomic mass is 10.1. The van der Waals surface area contributed by atoms with Crippen molar-refractivity contribution in [3.05, 3.63) is 59.2 Å². The summed E-state index contributed by atoms with van der Waals surface area (Å²) < 4.78 is 0. The SMILES string of the molecule is CSc1cccc(Nc2c(C(=O)N3CCCC3)cnc3ccc(Cl)cc23)c1. The first-order chi connectivity index (χ1) is 13.2. The molecule has 4 nitrogen and oxygen atoms in total. The minimum absolute atomic E-state index is 0.0189. The van der Waals surface area contributed by atoms with E-state index in [1.165, 1.54) is 0 Å². The fourth-order valence-corrected chi connectivity index (χ4v) is 4.03. The average Bonchev–Trinajstić information content (AvgIpc) is 3.23. The summed E-state index contributed by atoms with van der Waals surface area (Å²) in [5.41, 5.74) is 3.09. The van der Waals surface area contributed by atoms with Gasteiger partial charge in [-0.2, -0.15) is 0 Å². The molecule has 2 aromatic carbocycles. The molecule has 0 saturated carbocycles. The molecule has 6 heteroatoms. The van der Waals surface area contributed by atoms with Gasteiger partial charge in [0.15, 0.2) is 0 Å². The lowest BCUT2D eigenvalue weighted by Gasteiger charge is -2.20. The Kier molecular flexibility index (Phi) is 5.23. The van der Waals surface area contributed by atoms with Crippen LogP contribution in [0.3, 0.4) is 0 Å². The van der Waals surface area contributed by atoms with Crippen molar-refractivity contribution in [3.8, 4) is 0 Å². The topological polar surface area (TPSA) is 45.2 Å². The first-order valence-electron chi connectivity index (χ1n) is 8.94. The molecule has 0 spiro atoms. The molecule has 0 radical (unpaired) electrons. The number of carbonyl (C=O) groups excluding carboxylic acids is 1. The van der Waals surface area contributed by atoms with E-state index in [9.17, 15) is 4.79 Å². The number of nitrogens with zero attached hydrogens (tertiary/aromatic N) is 2. The van der Waals surface area contributed by atoms with Gasteiger partial charge in [0.05, 0.1) is 16.8 Å². The summed E-state index contributed by atoms with van der Waals surface area (Å²) in [7, 11) is 0. The molecule has 1 aromatic heterocycles. The predicted molar refractivity (Wildman–Crippen MR) is 113 cm³/mol. The third-order valence-electron chi connectivity index (χ3n) is 4.79. The number of fused-ring (bicyclic) bond motifs is 1. The number of nitrogens with one attached hydrogen (secondary N) is 1. The molecule has 1 saturated heterocycles. The Balaban J connectivity index is 1.84. The van der Waals surface area contributed by atoms with Crippen LogP contribution >= 0.6 is 23.4 Å². The van der Waals surface area contributed by atoms with Crippen LogP contribution in [0.25, 0.3) is 10.9 Å². The normalized spacial score (nSPS) is 13.9. The van der Waals surface area contributed by atoms with Gasteiger partial charge in [0.2, 0.25) is 0 Å². The molecule has 0 atom stereocenters. The van der Waals surface area contributed by atoms with Crippen LogP contribution in [0.4, 0.5) is 11.4 Å². The minimum atomic E-state index is 0.0189. The van der Waals surface area contributed by atoms with Gasteiger partial charge in [-0.3, -0.25) is 9.78 Å². The smallest absolute Gasteiger partial charge is 0.257 e.